The highest BCUT2D eigenvalue weighted by Crippen LogP contribution is 2.39. The van der Waals surface area contributed by atoms with Crippen LogP contribution in [0.2, 0.25) is 0 Å². The molecule has 1 aliphatic carbocycles. The van der Waals surface area contributed by atoms with E-state index in [4.69, 9.17) is 0 Å². The number of carbonyl (C=O) groups excluding carboxylic acids is 1. The number of benzene rings is 1. The zero-order valence-electron chi connectivity index (χ0n) is 16.1. The number of amides is 1. The maximum Gasteiger partial charge on any atom is 0.223 e. The number of hydrogen-bond donors (Lipinski definition) is 1. The molecule has 0 aromatic heterocycles. The molecule has 0 heterocycles. The van der Waals surface area contributed by atoms with E-state index in [1.807, 2.05) is 0 Å². The second kappa shape index (κ2) is 8.15. The van der Waals surface area contributed by atoms with Gasteiger partial charge in [0.25, 0.3) is 0 Å². The largest absolute Gasteiger partial charge is 0.352 e. The van der Waals surface area contributed by atoms with E-state index in [9.17, 15) is 4.79 Å². The quantitative estimate of drug-likeness (QED) is 0.877. The Morgan fingerprint density at radius 2 is 1.67 bits per heavy atom. The monoisotopic (exact) mass is 330 g/mol. The molecule has 0 radical (unpaired) electrons. The molecule has 1 saturated carbocycles. The van der Waals surface area contributed by atoms with Crippen LogP contribution in [-0.2, 0) is 17.9 Å². The molecule has 1 aliphatic rings. The highest BCUT2D eigenvalue weighted by Gasteiger charge is 2.32. The first kappa shape index (κ1) is 19.0. The fourth-order valence-electron chi connectivity index (χ4n) is 3.77. The Hall–Kier alpha value is -1.35. The van der Waals surface area contributed by atoms with Crippen LogP contribution in [0.5, 0.6) is 0 Å². The smallest absolute Gasteiger partial charge is 0.223 e. The molecule has 1 fully saturated rings. The molecule has 1 aromatic rings. The lowest BCUT2D eigenvalue weighted by molar-refractivity contribution is -0.126. The molecule has 0 aliphatic heterocycles. The maximum absolute atomic E-state index is 12.5. The van der Waals surface area contributed by atoms with Gasteiger partial charge in [-0.05, 0) is 62.2 Å². The van der Waals surface area contributed by atoms with Crippen molar-refractivity contribution in [3.05, 3.63) is 35.4 Å². The minimum Gasteiger partial charge on any atom is -0.352 e. The molecule has 0 saturated heterocycles. The minimum atomic E-state index is 0.199. The topological polar surface area (TPSA) is 32.3 Å². The third-order valence-corrected chi connectivity index (χ3v) is 5.38. The van der Waals surface area contributed by atoms with Crippen molar-refractivity contribution < 1.29 is 4.79 Å². The highest BCUT2D eigenvalue weighted by molar-refractivity contribution is 5.78. The Labute approximate surface area is 147 Å². The fraction of sp³-hybridized carbons (Fsp3) is 0.667. The SMILES string of the molecule is CN(C)Cc1ccccc1CNC(=O)C1CCC(C(C)(C)C)CC1. The van der Waals surface area contributed by atoms with Gasteiger partial charge in [-0.2, -0.15) is 0 Å². The normalized spacial score (nSPS) is 21.8. The Balaban J connectivity index is 1.86. The Morgan fingerprint density at radius 1 is 1.08 bits per heavy atom. The van der Waals surface area contributed by atoms with E-state index in [1.54, 1.807) is 0 Å². The maximum atomic E-state index is 12.5. The summed E-state index contributed by atoms with van der Waals surface area (Å²) in [5, 5.41) is 3.18. The summed E-state index contributed by atoms with van der Waals surface area (Å²) < 4.78 is 0. The highest BCUT2D eigenvalue weighted by atomic mass is 16.1. The van der Waals surface area contributed by atoms with Crippen molar-refractivity contribution in [2.45, 2.75) is 59.5 Å². The predicted octanol–water partition coefficient (Wildman–Crippen LogP) is 4.22. The van der Waals surface area contributed by atoms with Crippen LogP contribution in [0.3, 0.4) is 0 Å². The van der Waals surface area contributed by atoms with Crippen LogP contribution in [0.25, 0.3) is 0 Å². The third kappa shape index (κ3) is 5.34. The lowest BCUT2D eigenvalue weighted by atomic mass is 9.69. The van der Waals surface area contributed by atoms with Crippen molar-refractivity contribution in [1.29, 1.82) is 0 Å². The van der Waals surface area contributed by atoms with E-state index in [0.29, 0.717) is 12.0 Å². The third-order valence-electron chi connectivity index (χ3n) is 5.38. The van der Waals surface area contributed by atoms with Crippen LogP contribution in [0.15, 0.2) is 24.3 Å². The van der Waals surface area contributed by atoms with Crippen molar-refractivity contribution in [2.75, 3.05) is 14.1 Å². The second-order valence-electron chi connectivity index (χ2n) is 8.64. The van der Waals surface area contributed by atoms with Crippen LogP contribution in [0, 0.1) is 17.3 Å². The Morgan fingerprint density at radius 3 is 2.21 bits per heavy atom. The van der Waals surface area contributed by atoms with Crippen molar-refractivity contribution in [3.63, 3.8) is 0 Å². The second-order valence-corrected chi connectivity index (χ2v) is 8.64. The Kier molecular flexibility index (Phi) is 6.45. The molecule has 3 nitrogen and oxygen atoms in total. The minimum absolute atomic E-state index is 0.199. The molecule has 1 aromatic carbocycles. The van der Waals surface area contributed by atoms with Crippen LogP contribution in [0.1, 0.15) is 57.6 Å². The molecule has 0 bridgehead atoms. The molecular weight excluding hydrogens is 296 g/mol. The van der Waals surface area contributed by atoms with Crippen molar-refractivity contribution in [3.8, 4) is 0 Å². The first-order chi connectivity index (χ1) is 11.3. The number of nitrogens with one attached hydrogen (secondary N) is 1. The van der Waals surface area contributed by atoms with Gasteiger partial charge in [0.15, 0.2) is 0 Å². The average molecular weight is 331 g/mol. The van der Waals surface area contributed by atoms with Crippen LogP contribution < -0.4 is 5.32 Å². The molecule has 3 heteroatoms. The van der Waals surface area contributed by atoms with E-state index in [1.165, 1.54) is 24.0 Å². The summed E-state index contributed by atoms with van der Waals surface area (Å²) >= 11 is 0. The zero-order chi connectivity index (χ0) is 17.7. The van der Waals surface area contributed by atoms with Crippen LogP contribution in [-0.4, -0.2) is 24.9 Å². The van der Waals surface area contributed by atoms with Gasteiger partial charge in [-0.15, -0.1) is 0 Å². The first-order valence-corrected chi connectivity index (χ1v) is 9.26. The summed E-state index contributed by atoms with van der Waals surface area (Å²) in [7, 11) is 4.14. The lowest BCUT2D eigenvalue weighted by Crippen LogP contribution is -2.35. The predicted molar refractivity (Wildman–Crippen MR) is 101 cm³/mol. The number of nitrogens with zero attached hydrogens (tertiary/aromatic N) is 1. The van der Waals surface area contributed by atoms with Gasteiger partial charge in [0.2, 0.25) is 5.91 Å². The van der Waals surface area contributed by atoms with E-state index in [-0.39, 0.29) is 11.8 Å². The first-order valence-electron chi connectivity index (χ1n) is 9.26. The van der Waals surface area contributed by atoms with E-state index >= 15 is 0 Å². The molecule has 0 atom stereocenters. The summed E-state index contributed by atoms with van der Waals surface area (Å²) in [6.45, 7) is 8.50. The fourth-order valence-corrected chi connectivity index (χ4v) is 3.77. The molecule has 0 spiro atoms. The van der Waals surface area contributed by atoms with Crippen molar-refractivity contribution in [1.82, 2.24) is 10.2 Å². The van der Waals surface area contributed by atoms with Gasteiger partial charge in [-0.3, -0.25) is 4.79 Å². The molecule has 1 amide bonds. The summed E-state index contributed by atoms with van der Waals surface area (Å²) in [6, 6.07) is 8.39. The number of rotatable bonds is 5. The van der Waals surface area contributed by atoms with E-state index in [0.717, 1.165) is 25.3 Å². The van der Waals surface area contributed by atoms with Crippen LogP contribution in [0.4, 0.5) is 0 Å². The lowest BCUT2D eigenvalue weighted by Gasteiger charge is -2.36. The zero-order valence-corrected chi connectivity index (χ0v) is 16.1. The van der Waals surface area contributed by atoms with Gasteiger partial charge in [0.05, 0.1) is 0 Å². The van der Waals surface area contributed by atoms with Gasteiger partial charge in [-0.1, -0.05) is 45.0 Å². The number of hydrogen-bond acceptors (Lipinski definition) is 2. The summed E-state index contributed by atoms with van der Waals surface area (Å²) in [5.41, 5.74) is 2.88. The molecule has 0 unspecified atom stereocenters. The molecule has 134 valence electrons. The molecule has 1 N–H and O–H groups in total. The molecule has 24 heavy (non-hydrogen) atoms. The Bertz CT molecular complexity index is 537. The van der Waals surface area contributed by atoms with Gasteiger partial charge in [-0.25, -0.2) is 0 Å². The van der Waals surface area contributed by atoms with Crippen LogP contribution >= 0.6 is 0 Å². The molecule has 2 rings (SSSR count). The standard InChI is InChI=1S/C21H34N2O/c1-21(2,3)19-12-10-16(11-13-19)20(24)22-14-17-8-6-7-9-18(17)15-23(4)5/h6-9,16,19H,10-15H2,1-5H3,(H,22,24). The number of carbonyl (C=O) groups is 1. The van der Waals surface area contributed by atoms with Crippen molar-refractivity contribution >= 4 is 5.91 Å². The molecular formula is C21H34N2O. The van der Waals surface area contributed by atoms with E-state index in [2.05, 4.69) is 69.3 Å². The van der Waals surface area contributed by atoms with Crippen molar-refractivity contribution in [2.24, 2.45) is 17.3 Å². The summed E-state index contributed by atoms with van der Waals surface area (Å²) in [4.78, 5) is 14.7. The van der Waals surface area contributed by atoms with Gasteiger partial charge in [0, 0.05) is 19.0 Å². The average Bonchev–Trinajstić information content (AvgIpc) is 2.52. The van der Waals surface area contributed by atoms with Gasteiger partial charge >= 0.3 is 0 Å². The van der Waals surface area contributed by atoms with Gasteiger partial charge in [0.1, 0.15) is 0 Å². The summed E-state index contributed by atoms with van der Waals surface area (Å²) in [5.74, 6) is 1.19. The van der Waals surface area contributed by atoms with Gasteiger partial charge < -0.3 is 10.2 Å². The van der Waals surface area contributed by atoms with E-state index < -0.39 is 0 Å². The summed E-state index contributed by atoms with van der Waals surface area (Å²) in [6.07, 6.45) is 4.43.